The molecule has 0 unspecified atom stereocenters. The number of halogens is 1. The van der Waals surface area contributed by atoms with Gasteiger partial charge in [-0.1, -0.05) is 41.9 Å². The van der Waals surface area contributed by atoms with Crippen LogP contribution in [0.3, 0.4) is 0 Å². The fraction of sp³-hybridized carbons (Fsp3) is 0.143. The summed E-state index contributed by atoms with van der Waals surface area (Å²) in [4.78, 5) is 12.6. The van der Waals surface area contributed by atoms with E-state index < -0.39 is 22.5 Å². The van der Waals surface area contributed by atoms with Crippen LogP contribution in [0.1, 0.15) is 17.0 Å². The lowest BCUT2D eigenvalue weighted by Gasteiger charge is -2.21. The van der Waals surface area contributed by atoms with Crippen LogP contribution in [0.2, 0.25) is 5.02 Å². The van der Waals surface area contributed by atoms with Gasteiger partial charge in [0.1, 0.15) is 18.0 Å². The Bertz CT molecular complexity index is 1570. The summed E-state index contributed by atoms with van der Waals surface area (Å²) in [7, 11) is -3.74. The zero-order valence-electron chi connectivity index (χ0n) is 21.1. The summed E-state index contributed by atoms with van der Waals surface area (Å²) in [6.07, 6.45) is 2.57. The van der Waals surface area contributed by atoms with Crippen molar-refractivity contribution in [3.05, 3.63) is 107 Å². The van der Waals surface area contributed by atoms with E-state index in [1.54, 1.807) is 24.3 Å². The Labute approximate surface area is 227 Å². The van der Waals surface area contributed by atoms with E-state index in [4.69, 9.17) is 16.3 Å². The monoisotopic (exact) mass is 550 g/mol. The van der Waals surface area contributed by atoms with E-state index in [-0.39, 0.29) is 0 Å². The highest BCUT2D eigenvalue weighted by molar-refractivity contribution is 7.92. The maximum atomic E-state index is 12.6. The first-order valence-corrected chi connectivity index (χ1v) is 13.9. The number of aryl methyl sites for hydroxylation is 1. The lowest BCUT2D eigenvalue weighted by molar-refractivity contribution is -0.119. The van der Waals surface area contributed by atoms with Crippen molar-refractivity contribution in [1.82, 2.24) is 9.99 Å². The molecular formula is C28H27ClN4O4S. The smallest absolute Gasteiger partial charge is 0.260 e. The molecule has 10 heteroatoms. The molecule has 0 saturated carbocycles. The molecule has 0 bridgehead atoms. The third kappa shape index (κ3) is 6.42. The number of rotatable bonds is 9. The van der Waals surface area contributed by atoms with Gasteiger partial charge >= 0.3 is 0 Å². The Morgan fingerprint density at radius 2 is 1.63 bits per heavy atom. The number of aromatic nitrogens is 1. The van der Waals surface area contributed by atoms with Crippen molar-refractivity contribution in [2.24, 2.45) is 5.10 Å². The van der Waals surface area contributed by atoms with Crippen LogP contribution in [0.5, 0.6) is 11.5 Å². The number of benzene rings is 3. The summed E-state index contributed by atoms with van der Waals surface area (Å²) >= 11 is 6.37. The van der Waals surface area contributed by atoms with E-state index >= 15 is 0 Å². The predicted molar refractivity (Wildman–Crippen MR) is 151 cm³/mol. The SMILES string of the molecule is Cc1cc(/C=N\NC(=O)CN(c2ccc(Oc3ccccc3)cc2)S(C)(=O)=O)c(C)n1-c1ccccc1Cl. The topological polar surface area (TPSA) is 93.0 Å². The molecule has 4 rings (SSSR count). The molecule has 0 aliphatic carbocycles. The summed E-state index contributed by atoms with van der Waals surface area (Å²) < 4.78 is 33.7. The van der Waals surface area contributed by atoms with Crippen LogP contribution in [0.4, 0.5) is 5.69 Å². The maximum Gasteiger partial charge on any atom is 0.260 e. The zero-order valence-corrected chi connectivity index (χ0v) is 22.7. The number of hydrogen-bond acceptors (Lipinski definition) is 5. The third-order valence-corrected chi connectivity index (χ3v) is 7.21. The van der Waals surface area contributed by atoms with E-state index in [9.17, 15) is 13.2 Å². The number of para-hydroxylation sites is 2. The number of sulfonamides is 1. The van der Waals surface area contributed by atoms with Crippen LogP contribution < -0.4 is 14.5 Å². The molecule has 38 heavy (non-hydrogen) atoms. The number of nitrogens with one attached hydrogen (secondary N) is 1. The van der Waals surface area contributed by atoms with Gasteiger partial charge in [-0.05, 0) is 68.4 Å². The number of hydrogen-bond donors (Lipinski definition) is 1. The van der Waals surface area contributed by atoms with Crippen molar-refractivity contribution in [3.8, 4) is 17.2 Å². The number of carbonyl (C=O) groups excluding carboxylic acids is 1. The minimum absolute atomic E-state index is 0.329. The van der Waals surface area contributed by atoms with Gasteiger partial charge in [0, 0.05) is 17.0 Å². The minimum atomic E-state index is -3.74. The van der Waals surface area contributed by atoms with Gasteiger partial charge in [-0.2, -0.15) is 5.10 Å². The highest BCUT2D eigenvalue weighted by Crippen LogP contribution is 2.27. The molecule has 1 heterocycles. The van der Waals surface area contributed by atoms with Gasteiger partial charge in [-0.15, -0.1) is 0 Å². The van der Waals surface area contributed by atoms with E-state index in [1.165, 1.54) is 6.21 Å². The quantitative estimate of drug-likeness (QED) is 0.221. The highest BCUT2D eigenvalue weighted by atomic mass is 35.5. The molecule has 1 N–H and O–H groups in total. The Balaban J connectivity index is 1.44. The van der Waals surface area contributed by atoms with E-state index in [2.05, 4.69) is 10.5 Å². The standard InChI is InChI=1S/C28H27ClN4O4S/c1-20-17-22(21(2)33(20)27-12-8-7-11-26(27)29)18-30-31-28(34)19-32(38(3,35)36)23-13-15-25(16-14-23)37-24-9-5-4-6-10-24/h4-18H,19H2,1-3H3,(H,31,34)/b30-18-. The average molecular weight is 551 g/mol. The van der Waals surface area contributed by atoms with Crippen molar-refractivity contribution in [2.75, 3.05) is 17.1 Å². The summed E-state index contributed by atoms with van der Waals surface area (Å²) in [6.45, 7) is 3.44. The molecule has 196 valence electrons. The Morgan fingerprint density at radius 3 is 2.29 bits per heavy atom. The molecule has 0 fully saturated rings. The first-order valence-electron chi connectivity index (χ1n) is 11.7. The predicted octanol–water partition coefficient (Wildman–Crippen LogP) is 5.46. The van der Waals surface area contributed by atoms with Crippen LogP contribution in [0.25, 0.3) is 5.69 Å². The third-order valence-electron chi connectivity index (χ3n) is 5.75. The number of carbonyl (C=O) groups is 1. The van der Waals surface area contributed by atoms with E-state index in [0.717, 1.165) is 33.2 Å². The normalized spacial score (nSPS) is 11.5. The molecular weight excluding hydrogens is 524 g/mol. The summed E-state index contributed by atoms with van der Waals surface area (Å²) in [5.41, 5.74) is 6.22. The van der Waals surface area contributed by atoms with Crippen molar-refractivity contribution in [3.63, 3.8) is 0 Å². The molecule has 0 spiro atoms. The number of anilines is 1. The van der Waals surface area contributed by atoms with Crippen LogP contribution in [0.15, 0.2) is 90.0 Å². The minimum Gasteiger partial charge on any atom is -0.457 e. The molecule has 0 aliphatic heterocycles. The molecule has 0 saturated heterocycles. The van der Waals surface area contributed by atoms with Crippen LogP contribution >= 0.6 is 11.6 Å². The Morgan fingerprint density at radius 1 is 1.00 bits per heavy atom. The summed E-state index contributed by atoms with van der Waals surface area (Å²) in [5.74, 6) is 0.609. The van der Waals surface area contributed by atoms with Crippen molar-refractivity contribution >= 4 is 39.4 Å². The zero-order chi connectivity index (χ0) is 27.3. The highest BCUT2D eigenvalue weighted by Gasteiger charge is 2.21. The number of hydrazone groups is 1. The maximum absolute atomic E-state index is 12.6. The molecule has 8 nitrogen and oxygen atoms in total. The van der Waals surface area contributed by atoms with Crippen LogP contribution in [0, 0.1) is 13.8 Å². The van der Waals surface area contributed by atoms with Crippen molar-refractivity contribution in [1.29, 1.82) is 0 Å². The Hall–Kier alpha value is -4.08. The molecule has 0 atom stereocenters. The van der Waals surface area contributed by atoms with Crippen LogP contribution in [-0.4, -0.2) is 37.9 Å². The summed E-state index contributed by atoms with van der Waals surface area (Å²) in [5, 5.41) is 4.67. The average Bonchev–Trinajstić information content (AvgIpc) is 3.16. The molecule has 1 amide bonds. The second-order valence-electron chi connectivity index (χ2n) is 8.59. The van der Waals surface area contributed by atoms with E-state index in [1.807, 2.05) is 79.1 Å². The first kappa shape index (κ1) is 27.0. The lowest BCUT2D eigenvalue weighted by atomic mass is 10.2. The molecule has 0 aliphatic rings. The van der Waals surface area contributed by atoms with Gasteiger partial charge in [0.05, 0.1) is 28.9 Å². The fourth-order valence-electron chi connectivity index (χ4n) is 3.97. The first-order chi connectivity index (χ1) is 18.1. The largest absolute Gasteiger partial charge is 0.457 e. The van der Waals surface area contributed by atoms with E-state index in [0.29, 0.717) is 22.2 Å². The Kier molecular flexibility index (Phi) is 8.19. The molecule has 3 aromatic carbocycles. The van der Waals surface area contributed by atoms with Crippen molar-refractivity contribution in [2.45, 2.75) is 13.8 Å². The molecule has 1 aromatic heterocycles. The number of nitrogens with zero attached hydrogens (tertiary/aromatic N) is 3. The summed E-state index contributed by atoms with van der Waals surface area (Å²) in [6, 6.07) is 25.1. The number of amides is 1. The van der Waals surface area contributed by atoms with Crippen LogP contribution in [-0.2, 0) is 14.8 Å². The lowest BCUT2D eigenvalue weighted by Crippen LogP contribution is -2.39. The van der Waals surface area contributed by atoms with Gasteiger partial charge in [-0.3, -0.25) is 9.10 Å². The van der Waals surface area contributed by atoms with Gasteiger partial charge in [-0.25, -0.2) is 13.8 Å². The molecule has 4 aromatic rings. The van der Waals surface area contributed by atoms with Gasteiger partial charge < -0.3 is 9.30 Å². The second-order valence-corrected chi connectivity index (χ2v) is 10.9. The molecule has 0 radical (unpaired) electrons. The van der Waals surface area contributed by atoms with Gasteiger partial charge in [0.25, 0.3) is 5.91 Å². The van der Waals surface area contributed by atoms with Gasteiger partial charge in [0.2, 0.25) is 10.0 Å². The van der Waals surface area contributed by atoms with Crippen molar-refractivity contribution < 1.29 is 17.9 Å². The van der Waals surface area contributed by atoms with Gasteiger partial charge in [0.15, 0.2) is 0 Å². The fourth-order valence-corrected chi connectivity index (χ4v) is 5.04. The number of ether oxygens (including phenoxy) is 1. The second kappa shape index (κ2) is 11.5.